The Labute approximate surface area is 172 Å². The Balaban J connectivity index is 1.32. The topological polar surface area (TPSA) is 110 Å². The zero-order valence-electron chi connectivity index (χ0n) is 15.8. The second-order valence-electron chi connectivity index (χ2n) is 6.94. The minimum atomic E-state index is -3.64. The van der Waals surface area contributed by atoms with Crippen molar-refractivity contribution in [1.29, 1.82) is 0 Å². The number of sulfonamides is 1. The summed E-state index contributed by atoms with van der Waals surface area (Å²) in [6, 6.07) is 9.17. The van der Waals surface area contributed by atoms with Crippen LogP contribution in [0.25, 0.3) is 0 Å². The third-order valence-electron chi connectivity index (χ3n) is 4.84. The number of aromatic nitrogens is 4. The maximum atomic E-state index is 13.8. The van der Waals surface area contributed by atoms with E-state index in [4.69, 9.17) is 0 Å². The lowest BCUT2D eigenvalue weighted by atomic mass is 10.2. The molecule has 1 amide bonds. The molecule has 2 aromatic heterocycles. The standard InChI is InChI=1S/C19H19FN6O3S/c20-17-4-2-1-3-15(17)13-30(28,29)25-10-16(11-25)26-12-18(23-24-26)19(27)22-9-14-5-7-21-8-6-14/h1-8,12,16H,9-11,13H2,(H,22,27). The van der Waals surface area contributed by atoms with Crippen molar-refractivity contribution < 1.29 is 17.6 Å². The molecule has 3 heterocycles. The van der Waals surface area contributed by atoms with E-state index in [1.165, 1.54) is 33.4 Å². The van der Waals surface area contributed by atoms with Crippen LogP contribution < -0.4 is 5.32 Å². The van der Waals surface area contributed by atoms with Crippen LogP contribution in [0.1, 0.15) is 27.7 Å². The highest BCUT2D eigenvalue weighted by atomic mass is 32.2. The van der Waals surface area contributed by atoms with E-state index in [1.54, 1.807) is 30.6 Å². The third-order valence-corrected chi connectivity index (χ3v) is 6.60. The molecule has 1 aliphatic rings. The van der Waals surface area contributed by atoms with E-state index < -0.39 is 21.6 Å². The molecule has 0 spiro atoms. The van der Waals surface area contributed by atoms with E-state index in [-0.39, 0.29) is 36.3 Å². The van der Waals surface area contributed by atoms with Gasteiger partial charge in [0.25, 0.3) is 5.91 Å². The number of carbonyl (C=O) groups is 1. The van der Waals surface area contributed by atoms with Crippen LogP contribution in [-0.4, -0.2) is 51.7 Å². The number of rotatable bonds is 7. The van der Waals surface area contributed by atoms with Gasteiger partial charge in [-0.15, -0.1) is 5.10 Å². The second-order valence-corrected chi connectivity index (χ2v) is 8.91. The average molecular weight is 430 g/mol. The van der Waals surface area contributed by atoms with E-state index in [1.807, 2.05) is 0 Å². The smallest absolute Gasteiger partial charge is 0.273 e. The van der Waals surface area contributed by atoms with Crippen molar-refractivity contribution in [1.82, 2.24) is 29.6 Å². The summed E-state index contributed by atoms with van der Waals surface area (Å²) in [6.45, 7) is 0.718. The Bertz CT molecular complexity index is 1150. The summed E-state index contributed by atoms with van der Waals surface area (Å²) < 4.78 is 41.5. The highest BCUT2D eigenvalue weighted by Crippen LogP contribution is 2.26. The first-order valence-corrected chi connectivity index (χ1v) is 10.8. The Morgan fingerprint density at radius 3 is 2.63 bits per heavy atom. The second kappa shape index (κ2) is 8.28. The zero-order chi connectivity index (χ0) is 21.1. The number of hydrogen-bond acceptors (Lipinski definition) is 6. The third kappa shape index (κ3) is 4.36. The van der Waals surface area contributed by atoms with Gasteiger partial charge in [-0.2, -0.15) is 4.31 Å². The predicted molar refractivity (Wildman–Crippen MR) is 105 cm³/mol. The van der Waals surface area contributed by atoms with Gasteiger partial charge in [0.2, 0.25) is 10.0 Å². The van der Waals surface area contributed by atoms with E-state index >= 15 is 0 Å². The summed E-state index contributed by atoms with van der Waals surface area (Å²) in [5.41, 5.74) is 1.19. The van der Waals surface area contributed by atoms with Gasteiger partial charge in [-0.3, -0.25) is 9.78 Å². The molecule has 4 rings (SSSR count). The van der Waals surface area contributed by atoms with Crippen molar-refractivity contribution in [3.63, 3.8) is 0 Å². The fourth-order valence-corrected chi connectivity index (χ4v) is 4.66. The quantitative estimate of drug-likeness (QED) is 0.602. The molecule has 30 heavy (non-hydrogen) atoms. The monoisotopic (exact) mass is 430 g/mol. The van der Waals surface area contributed by atoms with Crippen molar-refractivity contribution in [3.8, 4) is 0 Å². The van der Waals surface area contributed by atoms with Crippen LogP contribution >= 0.6 is 0 Å². The lowest BCUT2D eigenvalue weighted by Crippen LogP contribution is -2.51. The number of carbonyl (C=O) groups excluding carboxylic acids is 1. The van der Waals surface area contributed by atoms with Crippen LogP contribution in [0.3, 0.4) is 0 Å². The number of pyridine rings is 1. The molecule has 0 radical (unpaired) electrons. The molecule has 1 N–H and O–H groups in total. The Morgan fingerprint density at radius 1 is 1.17 bits per heavy atom. The minimum Gasteiger partial charge on any atom is -0.347 e. The summed E-state index contributed by atoms with van der Waals surface area (Å²) in [4.78, 5) is 16.2. The highest BCUT2D eigenvalue weighted by Gasteiger charge is 2.38. The summed E-state index contributed by atoms with van der Waals surface area (Å²) in [5, 5.41) is 10.6. The summed E-state index contributed by atoms with van der Waals surface area (Å²) >= 11 is 0. The molecule has 0 aliphatic carbocycles. The lowest BCUT2D eigenvalue weighted by molar-refractivity contribution is 0.0945. The SMILES string of the molecule is O=C(NCc1ccncc1)c1cn(C2CN(S(=O)(=O)Cc3ccccc3F)C2)nn1. The molecule has 156 valence electrons. The maximum absolute atomic E-state index is 13.8. The van der Waals surface area contributed by atoms with Crippen molar-refractivity contribution in [2.75, 3.05) is 13.1 Å². The summed E-state index contributed by atoms with van der Waals surface area (Å²) in [7, 11) is -3.64. The molecule has 1 aliphatic heterocycles. The Hall–Kier alpha value is -3.18. The highest BCUT2D eigenvalue weighted by molar-refractivity contribution is 7.88. The molecule has 3 aromatic rings. The van der Waals surface area contributed by atoms with Crippen LogP contribution in [-0.2, 0) is 22.3 Å². The molecule has 1 aromatic carbocycles. The number of hydrogen-bond donors (Lipinski definition) is 1. The maximum Gasteiger partial charge on any atom is 0.273 e. The van der Waals surface area contributed by atoms with E-state index in [2.05, 4.69) is 20.6 Å². The van der Waals surface area contributed by atoms with Gasteiger partial charge < -0.3 is 5.32 Å². The van der Waals surface area contributed by atoms with Crippen LogP contribution in [0, 0.1) is 5.82 Å². The van der Waals surface area contributed by atoms with Gasteiger partial charge >= 0.3 is 0 Å². The van der Waals surface area contributed by atoms with Crippen LogP contribution in [0.5, 0.6) is 0 Å². The molecule has 0 unspecified atom stereocenters. The average Bonchev–Trinajstić information content (AvgIpc) is 3.17. The van der Waals surface area contributed by atoms with Crippen LogP contribution in [0.2, 0.25) is 0 Å². The molecular weight excluding hydrogens is 411 g/mol. The van der Waals surface area contributed by atoms with Crippen molar-refractivity contribution in [2.24, 2.45) is 0 Å². The molecule has 0 atom stereocenters. The fourth-order valence-electron chi connectivity index (χ4n) is 3.05. The van der Waals surface area contributed by atoms with Gasteiger partial charge in [0.05, 0.1) is 18.0 Å². The largest absolute Gasteiger partial charge is 0.347 e. The fraction of sp³-hybridized carbons (Fsp3) is 0.263. The van der Waals surface area contributed by atoms with Gasteiger partial charge in [0.15, 0.2) is 5.69 Å². The van der Waals surface area contributed by atoms with Gasteiger partial charge in [-0.25, -0.2) is 17.5 Å². The minimum absolute atomic E-state index is 0.134. The molecule has 1 fully saturated rings. The molecular formula is C19H19FN6O3S. The van der Waals surface area contributed by atoms with Gasteiger partial charge in [-0.05, 0) is 23.8 Å². The first-order valence-electron chi connectivity index (χ1n) is 9.22. The van der Waals surface area contributed by atoms with Gasteiger partial charge in [0, 0.05) is 37.6 Å². The first kappa shape index (κ1) is 20.1. The predicted octanol–water partition coefficient (Wildman–Crippen LogP) is 1.13. The van der Waals surface area contributed by atoms with Gasteiger partial charge in [-0.1, -0.05) is 23.4 Å². The molecule has 0 bridgehead atoms. The van der Waals surface area contributed by atoms with Crippen molar-refractivity contribution in [2.45, 2.75) is 18.3 Å². The number of nitrogens with one attached hydrogen (secondary N) is 1. The number of halogens is 1. The van der Waals surface area contributed by atoms with Gasteiger partial charge in [0.1, 0.15) is 5.82 Å². The molecule has 11 heteroatoms. The number of amides is 1. The zero-order valence-corrected chi connectivity index (χ0v) is 16.7. The van der Waals surface area contributed by atoms with E-state index in [0.29, 0.717) is 6.54 Å². The van der Waals surface area contributed by atoms with E-state index in [0.717, 1.165) is 5.56 Å². The molecule has 0 saturated carbocycles. The lowest BCUT2D eigenvalue weighted by Gasteiger charge is -2.37. The van der Waals surface area contributed by atoms with Crippen LogP contribution in [0.4, 0.5) is 4.39 Å². The number of benzene rings is 1. The molecule has 9 nitrogen and oxygen atoms in total. The van der Waals surface area contributed by atoms with Crippen molar-refractivity contribution >= 4 is 15.9 Å². The Morgan fingerprint density at radius 2 is 1.90 bits per heavy atom. The van der Waals surface area contributed by atoms with Crippen molar-refractivity contribution in [3.05, 3.63) is 77.6 Å². The van der Waals surface area contributed by atoms with E-state index in [9.17, 15) is 17.6 Å². The summed E-state index contributed by atoms with van der Waals surface area (Å²) in [6.07, 6.45) is 4.77. The summed E-state index contributed by atoms with van der Waals surface area (Å²) in [5.74, 6) is -1.31. The first-order chi connectivity index (χ1) is 14.4. The molecule has 1 saturated heterocycles. The Kier molecular flexibility index (Phi) is 5.55. The van der Waals surface area contributed by atoms with Crippen LogP contribution in [0.15, 0.2) is 55.0 Å². The number of nitrogens with zero attached hydrogens (tertiary/aromatic N) is 5. The normalized spacial score (nSPS) is 15.0.